The molecule has 0 saturated heterocycles. The van der Waals surface area contributed by atoms with Gasteiger partial charge in [0.1, 0.15) is 5.69 Å². The minimum atomic E-state index is -0.165. The minimum Gasteiger partial charge on any atom is -0.380 e. The molecular weight excluding hydrogens is 344 g/mol. The summed E-state index contributed by atoms with van der Waals surface area (Å²) in [5, 5.41) is 3.90. The Balaban J connectivity index is 1.82. The number of fused-ring (bicyclic) bond motifs is 1. The maximum absolute atomic E-state index is 12.4. The van der Waals surface area contributed by atoms with E-state index in [0.29, 0.717) is 12.3 Å². The molecule has 0 spiro atoms. The molecule has 0 aliphatic rings. The smallest absolute Gasteiger partial charge is 0.272 e. The second-order valence-corrected chi connectivity index (χ2v) is 5.92. The zero-order valence-electron chi connectivity index (χ0n) is 12.0. The predicted molar refractivity (Wildman–Crippen MR) is 91.1 cm³/mol. The third kappa shape index (κ3) is 3.21. The largest absolute Gasteiger partial charge is 0.380 e. The lowest BCUT2D eigenvalue weighted by Crippen LogP contribution is -2.12. The average molecular weight is 359 g/mol. The second kappa shape index (κ2) is 6.34. The number of rotatable bonds is 4. The van der Waals surface area contributed by atoms with Crippen LogP contribution in [0.15, 0.2) is 53.0 Å². The molecular formula is C17H15BrN2O2. The Morgan fingerprint density at radius 3 is 2.91 bits per heavy atom. The monoisotopic (exact) mass is 358 g/mol. The van der Waals surface area contributed by atoms with Gasteiger partial charge in [0.15, 0.2) is 0 Å². The van der Waals surface area contributed by atoms with Gasteiger partial charge in [-0.2, -0.15) is 0 Å². The summed E-state index contributed by atoms with van der Waals surface area (Å²) in [7, 11) is 1.65. The molecule has 1 heterocycles. The van der Waals surface area contributed by atoms with Crippen molar-refractivity contribution < 1.29 is 9.53 Å². The third-order valence-corrected chi connectivity index (χ3v) is 3.82. The highest BCUT2D eigenvalue weighted by molar-refractivity contribution is 9.10. The molecule has 0 fully saturated rings. The molecule has 22 heavy (non-hydrogen) atoms. The number of nitrogens with one attached hydrogen (secondary N) is 2. The molecule has 4 nitrogen and oxygen atoms in total. The summed E-state index contributed by atoms with van der Waals surface area (Å²) < 4.78 is 6.07. The number of halogens is 1. The van der Waals surface area contributed by atoms with Crippen LogP contribution in [0.4, 0.5) is 5.69 Å². The molecule has 0 radical (unpaired) electrons. The van der Waals surface area contributed by atoms with E-state index >= 15 is 0 Å². The zero-order chi connectivity index (χ0) is 15.5. The number of methoxy groups -OCH3 is 1. The first-order chi connectivity index (χ1) is 10.7. The van der Waals surface area contributed by atoms with Crippen LogP contribution >= 0.6 is 15.9 Å². The van der Waals surface area contributed by atoms with E-state index < -0.39 is 0 Å². The van der Waals surface area contributed by atoms with Crippen molar-refractivity contribution in [3.05, 3.63) is 64.3 Å². The van der Waals surface area contributed by atoms with Gasteiger partial charge in [0.2, 0.25) is 0 Å². The van der Waals surface area contributed by atoms with Crippen LogP contribution in [-0.2, 0) is 11.3 Å². The predicted octanol–water partition coefficient (Wildman–Crippen LogP) is 4.33. The fourth-order valence-corrected chi connectivity index (χ4v) is 2.69. The Hall–Kier alpha value is -2.11. The number of H-pyrrole nitrogens is 1. The molecule has 3 aromatic rings. The van der Waals surface area contributed by atoms with Gasteiger partial charge >= 0.3 is 0 Å². The van der Waals surface area contributed by atoms with E-state index in [1.807, 2.05) is 48.5 Å². The number of hydrogen-bond donors (Lipinski definition) is 2. The summed E-state index contributed by atoms with van der Waals surface area (Å²) in [5.74, 6) is -0.165. The third-order valence-electron chi connectivity index (χ3n) is 3.32. The maximum Gasteiger partial charge on any atom is 0.272 e. The molecule has 2 N–H and O–H groups in total. The van der Waals surface area contributed by atoms with Gasteiger partial charge in [0, 0.05) is 28.2 Å². The Bertz CT molecular complexity index is 826. The number of ether oxygens (including phenoxy) is 1. The maximum atomic E-state index is 12.4. The van der Waals surface area contributed by atoms with E-state index in [1.165, 1.54) is 0 Å². The van der Waals surface area contributed by atoms with Crippen molar-refractivity contribution in [2.45, 2.75) is 6.61 Å². The van der Waals surface area contributed by atoms with Crippen LogP contribution in [0.25, 0.3) is 10.9 Å². The Morgan fingerprint density at radius 1 is 1.23 bits per heavy atom. The number of hydrogen-bond acceptors (Lipinski definition) is 2. The van der Waals surface area contributed by atoms with Crippen LogP contribution < -0.4 is 5.32 Å². The highest BCUT2D eigenvalue weighted by atomic mass is 79.9. The number of aromatic amines is 1. The molecule has 1 amide bonds. The molecule has 0 saturated carbocycles. The number of carbonyl (C=O) groups is 1. The van der Waals surface area contributed by atoms with E-state index in [4.69, 9.17) is 4.74 Å². The molecule has 112 valence electrons. The summed E-state index contributed by atoms with van der Waals surface area (Å²) in [6.45, 7) is 0.518. The molecule has 0 aliphatic carbocycles. The molecule has 1 aromatic heterocycles. The van der Waals surface area contributed by atoms with Gasteiger partial charge in [-0.1, -0.05) is 34.1 Å². The van der Waals surface area contributed by atoms with Crippen molar-refractivity contribution >= 4 is 38.4 Å². The van der Waals surface area contributed by atoms with Crippen molar-refractivity contribution in [1.29, 1.82) is 0 Å². The summed E-state index contributed by atoms with van der Waals surface area (Å²) in [5.41, 5.74) is 3.22. The molecule has 0 unspecified atom stereocenters. The lowest BCUT2D eigenvalue weighted by molar-refractivity contribution is 0.102. The Kier molecular flexibility index (Phi) is 4.27. The van der Waals surface area contributed by atoms with Crippen LogP contribution in [0.5, 0.6) is 0 Å². The van der Waals surface area contributed by atoms with Crippen LogP contribution in [0.3, 0.4) is 0 Å². The van der Waals surface area contributed by atoms with E-state index in [1.54, 1.807) is 7.11 Å². The van der Waals surface area contributed by atoms with Gasteiger partial charge in [0.25, 0.3) is 5.91 Å². The van der Waals surface area contributed by atoms with Gasteiger partial charge in [-0.15, -0.1) is 0 Å². The normalized spacial score (nSPS) is 10.8. The number of carbonyl (C=O) groups excluding carboxylic acids is 1. The van der Waals surface area contributed by atoms with Crippen molar-refractivity contribution in [3.63, 3.8) is 0 Å². The van der Waals surface area contributed by atoms with E-state index in [9.17, 15) is 4.79 Å². The van der Waals surface area contributed by atoms with Crippen molar-refractivity contribution in [3.8, 4) is 0 Å². The number of benzene rings is 2. The van der Waals surface area contributed by atoms with E-state index in [2.05, 4.69) is 26.2 Å². The first-order valence-electron chi connectivity index (χ1n) is 6.83. The second-order valence-electron chi connectivity index (χ2n) is 5.00. The van der Waals surface area contributed by atoms with Crippen molar-refractivity contribution in [2.75, 3.05) is 12.4 Å². The molecule has 2 aromatic carbocycles. The van der Waals surface area contributed by atoms with Gasteiger partial charge < -0.3 is 15.0 Å². The number of amides is 1. The summed E-state index contributed by atoms with van der Waals surface area (Å²) in [4.78, 5) is 15.5. The summed E-state index contributed by atoms with van der Waals surface area (Å²) in [6.07, 6.45) is 0. The van der Waals surface area contributed by atoms with Gasteiger partial charge in [-0.3, -0.25) is 4.79 Å². The topological polar surface area (TPSA) is 54.1 Å². The molecule has 0 aliphatic heterocycles. The van der Waals surface area contributed by atoms with Crippen LogP contribution in [-0.4, -0.2) is 18.0 Å². The fraction of sp³-hybridized carbons (Fsp3) is 0.118. The van der Waals surface area contributed by atoms with Gasteiger partial charge in [-0.05, 0) is 35.9 Å². The minimum absolute atomic E-state index is 0.165. The van der Waals surface area contributed by atoms with Gasteiger partial charge in [0.05, 0.1) is 6.61 Å². The van der Waals surface area contributed by atoms with E-state index in [-0.39, 0.29) is 5.91 Å². The molecule has 0 bridgehead atoms. The highest BCUT2D eigenvalue weighted by Crippen LogP contribution is 2.21. The molecule has 3 rings (SSSR count). The zero-order valence-corrected chi connectivity index (χ0v) is 13.6. The average Bonchev–Trinajstić information content (AvgIpc) is 2.91. The quantitative estimate of drug-likeness (QED) is 0.729. The van der Waals surface area contributed by atoms with Crippen LogP contribution in [0.2, 0.25) is 0 Å². The van der Waals surface area contributed by atoms with Crippen LogP contribution in [0.1, 0.15) is 16.1 Å². The first-order valence-corrected chi connectivity index (χ1v) is 7.62. The molecule has 0 atom stereocenters. The first kappa shape index (κ1) is 14.8. The Morgan fingerprint density at radius 2 is 2.09 bits per heavy atom. The fourth-order valence-electron chi connectivity index (χ4n) is 2.33. The standard InChI is InChI=1S/C17H15BrN2O2/c1-22-10-11-3-2-4-14(7-11)19-17(21)16-8-12-5-6-13(18)9-15(12)20-16/h2-9,20H,10H2,1H3,(H,19,21). The van der Waals surface area contributed by atoms with Crippen molar-refractivity contribution in [1.82, 2.24) is 4.98 Å². The Labute approximate surface area is 136 Å². The number of aromatic nitrogens is 1. The van der Waals surface area contributed by atoms with Crippen LogP contribution in [0, 0.1) is 0 Å². The summed E-state index contributed by atoms with van der Waals surface area (Å²) in [6, 6.07) is 15.3. The number of anilines is 1. The van der Waals surface area contributed by atoms with Crippen molar-refractivity contribution in [2.24, 2.45) is 0 Å². The highest BCUT2D eigenvalue weighted by Gasteiger charge is 2.10. The molecule has 5 heteroatoms. The van der Waals surface area contributed by atoms with Gasteiger partial charge in [-0.25, -0.2) is 0 Å². The lowest BCUT2D eigenvalue weighted by atomic mass is 10.2. The summed E-state index contributed by atoms with van der Waals surface area (Å²) >= 11 is 3.42. The lowest BCUT2D eigenvalue weighted by Gasteiger charge is -2.06. The van der Waals surface area contributed by atoms with E-state index in [0.717, 1.165) is 26.6 Å². The SMILES string of the molecule is COCc1cccc(NC(=O)c2cc3ccc(Br)cc3[nH]2)c1.